The second kappa shape index (κ2) is 8.97. The second-order valence-electron chi connectivity index (χ2n) is 5.85. The van der Waals surface area contributed by atoms with Crippen LogP contribution < -0.4 is 5.43 Å². The van der Waals surface area contributed by atoms with Gasteiger partial charge >= 0.3 is 5.69 Å². The molecule has 2 N–H and O–H groups in total. The third-order valence-corrected chi connectivity index (χ3v) is 4.79. The number of nitrogens with zero attached hydrogens (tertiary/aromatic N) is 4. The maximum atomic E-state index is 12.3. The number of benzene rings is 2. The van der Waals surface area contributed by atoms with Crippen LogP contribution in [0.4, 0.5) is 5.69 Å². The minimum Gasteiger partial charge on any atom is -0.507 e. The molecule has 11 heteroatoms. The van der Waals surface area contributed by atoms with Crippen LogP contribution in [0.3, 0.4) is 0 Å². The largest absolute Gasteiger partial charge is 0.507 e. The topological polar surface area (TPSA) is 123 Å². The Morgan fingerprint density at radius 1 is 1.24 bits per heavy atom. The molecule has 1 amide bonds. The number of nitro groups is 1. The van der Waals surface area contributed by atoms with Gasteiger partial charge in [0, 0.05) is 14.5 Å². The fraction of sp³-hybridized carbons (Fsp3) is 0.0556. The minimum atomic E-state index is -0.836. The molecule has 3 rings (SSSR count). The number of amides is 1. The van der Waals surface area contributed by atoms with Crippen molar-refractivity contribution in [3.63, 3.8) is 0 Å². The summed E-state index contributed by atoms with van der Waals surface area (Å²) in [4.78, 5) is 23.0. The average Bonchev–Trinajstić information content (AvgIpc) is 3.10. The van der Waals surface area contributed by atoms with Crippen LogP contribution in [0.25, 0.3) is 0 Å². The molecule has 0 radical (unpaired) electrons. The molecule has 1 aromatic heterocycles. The zero-order chi connectivity index (χ0) is 21.0. The van der Waals surface area contributed by atoms with Crippen LogP contribution >= 0.6 is 31.9 Å². The van der Waals surface area contributed by atoms with Gasteiger partial charge in [0.15, 0.2) is 0 Å². The number of phenols is 1. The van der Waals surface area contributed by atoms with Gasteiger partial charge in [-0.1, -0.05) is 44.0 Å². The molecule has 29 heavy (non-hydrogen) atoms. The molecule has 3 aromatic rings. The van der Waals surface area contributed by atoms with Crippen molar-refractivity contribution in [2.45, 2.75) is 6.54 Å². The molecule has 2 aromatic carbocycles. The zero-order valence-electron chi connectivity index (χ0n) is 14.6. The Morgan fingerprint density at radius 3 is 2.62 bits per heavy atom. The Labute approximate surface area is 181 Å². The number of rotatable bonds is 6. The first-order valence-electron chi connectivity index (χ1n) is 8.11. The lowest BCUT2D eigenvalue weighted by Gasteiger charge is -2.01. The molecule has 148 valence electrons. The number of aromatic hydroxyl groups is 1. The first kappa shape index (κ1) is 20.7. The molecular weight excluding hydrogens is 510 g/mol. The number of nitrogens with one attached hydrogen (secondary N) is 1. The van der Waals surface area contributed by atoms with Gasteiger partial charge in [-0.3, -0.25) is 19.6 Å². The Kier molecular flexibility index (Phi) is 6.39. The van der Waals surface area contributed by atoms with Gasteiger partial charge in [-0.15, -0.1) is 0 Å². The van der Waals surface area contributed by atoms with Gasteiger partial charge in [-0.05, 0) is 35.9 Å². The molecule has 0 bridgehead atoms. The SMILES string of the molecule is O=C(N/N=C\c1cc(Br)ccc1O)c1nn(Cc2ccc(Br)cc2)cc1[N+](=O)[O-]. The van der Waals surface area contributed by atoms with E-state index in [1.54, 1.807) is 12.1 Å². The van der Waals surface area contributed by atoms with Gasteiger partial charge < -0.3 is 5.11 Å². The number of carbonyl (C=O) groups is 1. The highest BCUT2D eigenvalue weighted by molar-refractivity contribution is 9.10. The Hall–Kier alpha value is -3.05. The van der Waals surface area contributed by atoms with E-state index in [1.807, 2.05) is 24.3 Å². The van der Waals surface area contributed by atoms with Crippen molar-refractivity contribution in [1.29, 1.82) is 0 Å². The van der Waals surface area contributed by atoms with E-state index >= 15 is 0 Å². The first-order chi connectivity index (χ1) is 13.8. The van der Waals surface area contributed by atoms with Crippen LogP contribution in [0.1, 0.15) is 21.6 Å². The molecule has 0 aliphatic carbocycles. The highest BCUT2D eigenvalue weighted by Gasteiger charge is 2.25. The summed E-state index contributed by atoms with van der Waals surface area (Å²) in [5.41, 5.74) is 2.62. The van der Waals surface area contributed by atoms with E-state index in [4.69, 9.17) is 0 Å². The van der Waals surface area contributed by atoms with Crippen LogP contribution in [0.5, 0.6) is 5.75 Å². The lowest BCUT2D eigenvalue weighted by atomic mass is 10.2. The predicted octanol–water partition coefficient (Wildman–Crippen LogP) is 3.83. The van der Waals surface area contributed by atoms with Crippen LogP contribution in [-0.4, -0.2) is 31.9 Å². The van der Waals surface area contributed by atoms with E-state index < -0.39 is 16.5 Å². The number of carbonyl (C=O) groups excluding carboxylic acids is 1. The van der Waals surface area contributed by atoms with E-state index in [0.717, 1.165) is 10.0 Å². The van der Waals surface area contributed by atoms with Crippen molar-refractivity contribution >= 4 is 49.7 Å². The maximum absolute atomic E-state index is 12.3. The molecule has 9 nitrogen and oxygen atoms in total. The smallest absolute Gasteiger partial charge is 0.320 e. The molecule has 0 unspecified atom stereocenters. The van der Waals surface area contributed by atoms with Gasteiger partial charge in [-0.25, -0.2) is 5.43 Å². The maximum Gasteiger partial charge on any atom is 0.320 e. The second-order valence-corrected chi connectivity index (χ2v) is 7.68. The number of hydrogen-bond acceptors (Lipinski definition) is 6. The van der Waals surface area contributed by atoms with Gasteiger partial charge in [-0.2, -0.15) is 10.2 Å². The van der Waals surface area contributed by atoms with Crippen LogP contribution in [-0.2, 0) is 6.54 Å². The van der Waals surface area contributed by atoms with Crippen molar-refractivity contribution in [2.75, 3.05) is 0 Å². The monoisotopic (exact) mass is 521 g/mol. The van der Waals surface area contributed by atoms with Crippen molar-refractivity contribution in [3.8, 4) is 5.75 Å². The van der Waals surface area contributed by atoms with Gasteiger partial charge in [0.1, 0.15) is 11.9 Å². The third-order valence-electron chi connectivity index (χ3n) is 3.77. The zero-order valence-corrected chi connectivity index (χ0v) is 17.8. The highest BCUT2D eigenvalue weighted by Crippen LogP contribution is 2.20. The minimum absolute atomic E-state index is 0.0315. The number of aromatic nitrogens is 2. The van der Waals surface area contributed by atoms with E-state index in [1.165, 1.54) is 23.2 Å². The van der Waals surface area contributed by atoms with Crippen molar-refractivity contribution < 1.29 is 14.8 Å². The summed E-state index contributed by atoms with van der Waals surface area (Å²) < 4.78 is 2.94. The predicted molar refractivity (Wildman–Crippen MR) is 113 cm³/mol. The van der Waals surface area contributed by atoms with Crippen molar-refractivity contribution in [1.82, 2.24) is 15.2 Å². The third kappa shape index (κ3) is 5.27. The fourth-order valence-corrected chi connectivity index (χ4v) is 3.05. The number of halogens is 2. The Morgan fingerprint density at radius 2 is 1.93 bits per heavy atom. The summed E-state index contributed by atoms with van der Waals surface area (Å²) in [5, 5.41) is 28.8. The lowest BCUT2D eigenvalue weighted by Crippen LogP contribution is -2.19. The van der Waals surface area contributed by atoms with Crippen LogP contribution in [0.2, 0.25) is 0 Å². The van der Waals surface area contributed by atoms with E-state index in [2.05, 4.69) is 47.5 Å². The molecule has 0 aliphatic rings. The summed E-state index contributed by atoms with van der Waals surface area (Å²) in [6, 6.07) is 12.1. The van der Waals surface area contributed by atoms with E-state index in [0.29, 0.717) is 10.0 Å². The normalized spacial score (nSPS) is 11.0. The lowest BCUT2D eigenvalue weighted by molar-refractivity contribution is -0.385. The molecule has 0 atom stereocenters. The quantitative estimate of drug-likeness (QED) is 0.289. The summed E-state index contributed by atoms with van der Waals surface area (Å²) in [6.07, 6.45) is 2.42. The Balaban J connectivity index is 1.77. The van der Waals surface area contributed by atoms with Gasteiger partial charge in [0.05, 0.1) is 17.7 Å². The number of hydrogen-bond donors (Lipinski definition) is 2. The van der Waals surface area contributed by atoms with Gasteiger partial charge in [0.2, 0.25) is 5.69 Å². The van der Waals surface area contributed by atoms with Gasteiger partial charge in [0.25, 0.3) is 5.91 Å². The molecule has 0 aliphatic heterocycles. The number of hydrazone groups is 1. The molecule has 1 heterocycles. The van der Waals surface area contributed by atoms with E-state index in [-0.39, 0.29) is 18.0 Å². The average molecular weight is 523 g/mol. The molecule has 0 fully saturated rings. The highest BCUT2D eigenvalue weighted by atomic mass is 79.9. The molecular formula is C18H13Br2N5O4. The summed E-state index contributed by atoms with van der Waals surface area (Å²) >= 11 is 6.60. The van der Waals surface area contributed by atoms with Crippen LogP contribution in [0.15, 0.2) is 62.7 Å². The van der Waals surface area contributed by atoms with Crippen molar-refractivity contribution in [2.24, 2.45) is 5.10 Å². The molecule has 0 spiro atoms. The summed E-state index contributed by atoms with van der Waals surface area (Å²) in [5.74, 6) is -0.868. The molecule has 0 saturated heterocycles. The first-order valence-corrected chi connectivity index (χ1v) is 9.70. The fourth-order valence-electron chi connectivity index (χ4n) is 2.41. The van der Waals surface area contributed by atoms with Crippen LogP contribution in [0, 0.1) is 10.1 Å². The number of phenolic OH excluding ortho intramolecular Hbond substituents is 1. The summed E-state index contributed by atoms with van der Waals surface area (Å²) in [7, 11) is 0. The standard InChI is InChI=1S/C18H13Br2N5O4/c19-13-3-1-11(2-4-13)9-24-10-15(25(28)29)17(23-24)18(27)22-21-8-12-7-14(20)5-6-16(12)26/h1-8,10,26H,9H2,(H,22,27)/b21-8-. The van der Waals surface area contributed by atoms with Crippen molar-refractivity contribution in [3.05, 3.63) is 84.5 Å². The molecule has 0 saturated carbocycles. The summed E-state index contributed by atoms with van der Waals surface area (Å²) in [6.45, 7) is 0.260. The Bertz CT molecular complexity index is 1100. The van der Waals surface area contributed by atoms with E-state index in [9.17, 15) is 20.0 Å².